The number of amides is 1. The Labute approximate surface area is 109 Å². The van der Waals surface area contributed by atoms with Crippen molar-refractivity contribution in [3.05, 3.63) is 35.9 Å². The van der Waals surface area contributed by atoms with E-state index in [0.717, 1.165) is 25.9 Å². The molecule has 3 heteroatoms. The molecule has 2 N–H and O–H groups in total. The van der Waals surface area contributed by atoms with E-state index in [9.17, 15) is 4.79 Å². The van der Waals surface area contributed by atoms with Gasteiger partial charge in [-0.3, -0.25) is 4.79 Å². The maximum atomic E-state index is 11.8. The third-order valence-corrected chi connectivity index (χ3v) is 4.04. The number of likely N-dealkylation sites (tertiary alicyclic amines) is 1. The highest BCUT2D eigenvalue weighted by atomic mass is 16.2. The largest absolute Gasteiger partial charge is 0.341 e. The first-order chi connectivity index (χ1) is 8.53. The van der Waals surface area contributed by atoms with Gasteiger partial charge in [-0.25, -0.2) is 0 Å². The summed E-state index contributed by atoms with van der Waals surface area (Å²) in [5.74, 6) is 0.0742. The van der Waals surface area contributed by atoms with Crippen molar-refractivity contribution in [3.63, 3.8) is 0 Å². The van der Waals surface area contributed by atoms with Gasteiger partial charge in [-0.2, -0.15) is 0 Å². The number of hydrogen-bond acceptors (Lipinski definition) is 2. The molecule has 1 saturated heterocycles. The molecule has 0 radical (unpaired) electrons. The Balaban J connectivity index is 2.04. The first kappa shape index (κ1) is 13.1. The van der Waals surface area contributed by atoms with Crippen LogP contribution >= 0.6 is 0 Å². The average molecular weight is 246 g/mol. The van der Waals surface area contributed by atoms with E-state index in [2.05, 4.69) is 31.2 Å². The highest BCUT2D eigenvalue weighted by molar-refractivity contribution is 5.81. The molecule has 18 heavy (non-hydrogen) atoms. The van der Waals surface area contributed by atoms with Crippen molar-refractivity contribution in [2.45, 2.75) is 38.1 Å². The Bertz CT molecular complexity index is 406. The van der Waals surface area contributed by atoms with Crippen LogP contribution in [0.5, 0.6) is 0 Å². The summed E-state index contributed by atoms with van der Waals surface area (Å²) in [5, 5.41) is 0. The van der Waals surface area contributed by atoms with E-state index in [1.165, 1.54) is 5.56 Å². The van der Waals surface area contributed by atoms with Gasteiger partial charge in [-0.05, 0) is 30.7 Å². The summed E-state index contributed by atoms with van der Waals surface area (Å²) in [6, 6.07) is 10.2. The van der Waals surface area contributed by atoms with Crippen LogP contribution in [0.4, 0.5) is 0 Å². The van der Waals surface area contributed by atoms with Crippen molar-refractivity contribution in [2.75, 3.05) is 13.1 Å². The average Bonchev–Trinajstić information content (AvgIpc) is 2.40. The summed E-state index contributed by atoms with van der Waals surface area (Å²) in [4.78, 5) is 13.7. The molecule has 0 unspecified atom stereocenters. The molecule has 98 valence electrons. The van der Waals surface area contributed by atoms with Gasteiger partial charge < -0.3 is 10.6 Å². The summed E-state index contributed by atoms with van der Waals surface area (Å²) < 4.78 is 0. The van der Waals surface area contributed by atoms with Crippen LogP contribution in [0, 0.1) is 0 Å². The standard InChI is InChI=1S/C15H22N2O/c1-12(16)14(18)17-10-8-15(2,9-11-17)13-6-4-3-5-7-13/h3-7,12H,8-11,16H2,1-2H3/t12-/m1/s1. The van der Waals surface area contributed by atoms with Crippen molar-refractivity contribution in [3.8, 4) is 0 Å². The molecule has 1 fully saturated rings. The molecular formula is C15H22N2O. The van der Waals surface area contributed by atoms with Crippen LogP contribution < -0.4 is 5.73 Å². The van der Waals surface area contributed by atoms with Crippen molar-refractivity contribution in [1.82, 2.24) is 4.90 Å². The van der Waals surface area contributed by atoms with Gasteiger partial charge in [0.25, 0.3) is 0 Å². The van der Waals surface area contributed by atoms with Gasteiger partial charge in [0.15, 0.2) is 0 Å². The fourth-order valence-electron chi connectivity index (χ4n) is 2.64. The van der Waals surface area contributed by atoms with E-state index >= 15 is 0 Å². The maximum Gasteiger partial charge on any atom is 0.239 e. The first-order valence-corrected chi connectivity index (χ1v) is 6.63. The SMILES string of the molecule is C[C@@H](N)C(=O)N1CCC(C)(c2ccccc2)CC1. The zero-order valence-corrected chi connectivity index (χ0v) is 11.2. The summed E-state index contributed by atoms with van der Waals surface area (Å²) >= 11 is 0. The minimum atomic E-state index is -0.383. The second-order valence-corrected chi connectivity index (χ2v) is 5.54. The number of hydrogen-bond donors (Lipinski definition) is 1. The normalized spacial score (nSPS) is 20.5. The molecule has 1 aliphatic heterocycles. The Morgan fingerprint density at radius 3 is 2.33 bits per heavy atom. The zero-order valence-electron chi connectivity index (χ0n) is 11.2. The second-order valence-electron chi connectivity index (χ2n) is 5.54. The molecule has 1 aromatic rings. The molecule has 1 aromatic carbocycles. The Morgan fingerprint density at radius 1 is 1.28 bits per heavy atom. The number of nitrogens with two attached hydrogens (primary N) is 1. The van der Waals surface area contributed by atoms with Gasteiger partial charge in [0.05, 0.1) is 6.04 Å². The minimum absolute atomic E-state index is 0.0742. The summed E-state index contributed by atoms with van der Waals surface area (Å²) in [7, 11) is 0. The molecule has 0 spiro atoms. The second kappa shape index (κ2) is 5.11. The molecule has 1 heterocycles. The van der Waals surface area contributed by atoms with Crippen LogP contribution in [0.3, 0.4) is 0 Å². The third-order valence-electron chi connectivity index (χ3n) is 4.04. The van der Waals surface area contributed by atoms with Crippen LogP contribution in [-0.4, -0.2) is 29.9 Å². The topological polar surface area (TPSA) is 46.3 Å². The number of benzene rings is 1. The van der Waals surface area contributed by atoms with Crippen LogP contribution in [0.2, 0.25) is 0 Å². The van der Waals surface area contributed by atoms with Gasteiger partial charge in [0, 0.05) is 13.1 Å². The molecular weight excluding hydrogens is 224 g/mol. The van der Waals surface area contributed by atoms with E-state index in [1.54, 1.807) is 6.92 Å². The van der Waals surface area contributed by atoms with Crippen LogP contribution in [0.25, 0.3) is 0 Å². The van der Waals surface area contributed by atoms with Gasteiger partial charge >= 0.3 is 0 Å². The smallest absolute Gasteiger partial charge is 0.239 e. The Morgan fingerprint density at radius 2 is 1.83 bits per heavy atom. The fourth-order valence-corrected chi connectivity index (χ4v) is 2.64. The van der Waals surface area contributed by atoms with E-state index in [-0.39, 0.29) is 17.4 Å². The summed E-state index contributed by atoms with van der Waals surface area (Å²) in [6.45, 7) is 5.67. The number of nitrogens with zero attached hydrogens (tertiary/aromatic N) is 1. The van der Waals surface area contributed by atoms with Crippen molar-refractivity contribution < 1.29 is 4.79 Å². The number of piperidine rings is 1. The van der Waals surface area contributed by atoms with Gasteiger partial charge in [0.2, 0.25) is 5.91 Å². The van der Waals surface area contributed by atoms with E-state index in [1.807, 2.05) is 11.0 Å². The fraction of sp³-hybridized carbons (Fsp3) is 0.533. The number of rotatable bonds is 2. The molecule has 0 bridgehead atoms. The molecule has 1 atom stereocenters. The summed E-state index contributed by atoms with van der Waals surface area (Å²) in [5.41, 5.74) is 7.22. The number of carbonyl (C=O) groups excluding carboxylic acids is 1. The number of carbonyl (C=O) groups is 1. The molecule has 0 aliphatic carbocycles. The quantitative estimate of drug-likeness (QED) is 0.866. The molecule has 1 amide bonds. The lowest BCUT2D eigenvalue weighted by molar-refractivity contribution is -0.133. The lowest BCUT2D eigenvalue weighted by Gasteiger charge is -2.40. The predicted molar refractivity (Wildman–Crippen MR) is 73.3 cm³/mol. The van der Waals surface area contributed by atoms with Crippen LogP contribution in [0.15, 0.2) is 30.3 Å². The Kier molecular flexibility index (Phi) is 3.71. The maximum absolute atomic E-state index is 11.8. The van der Waals surface area contributed by atoms with Gasteiger partial charge in [-0.1, -0.05) is 37.3 Å². The van der Waals surface area contributed by atoms with E-state index in [0.29, 0.717) is 0 Å². The lowest BCUT2D eigenvalue weighted by Crippen LogP contribution is -2.48. The molecule has 1 aliphatic rings. The molecule has 2 rings (SSSR count). The zero-order chi connectivity index (χ0) is 13.2. The van der Waals surface area contributed by atoms with Crippen molar-refractivity contribution in [2.24, 2.45) is 5.73 Å². The van der Waals surface area contributed by atoms with Crippen LogP contribution in [0.1, 0.15) is 32.3 Å². The highest BCUT2D eigenvalue weighted by Crippen LogP contribution is 2.34. The van der Waals surface area contributed by atoms with E-state index < -0.39 is 0 Å². The van der Waals surface area contributed by atoms with E-state index in [4.69, 9.17) is 5.73 Å². The third kappa shape index (κ3) is 2.56. The predicted octanol–water partition coefficient (Wildman–Crippen LogP) is 1.91. The van der Waals surface area contributed by atoms with Gasteiger partial charge in [-0.15, -0.1) is 0 Å². The molecule has 3 nitrogen and oxygen atoms in total. The summed E-state index contributed by atoms with van der Waals surface area (Å²) in [6.07, 6.45) is 2.02. The molecule has 0 saturated carbocycles. The minimum Gasteiger partial charge on any atom is -0.341 e. The van der Waals surface area contributed by atoms with Gasteiger partial charge in [0.1, 0.15) is 0 Å². The first-order valence-electron chi connectivity index (χ1n) is 6.63. The monoisotopic (exact) mass is 246 g/mol. The van der Waals surface area contributed by atoms with Crippen LogP contribution in [-0.2, 0) is 10.2 Å². The molecule has 0 aromatic heterocycles. The van der Waals surface area contributed by atoms with Crippen molar-refractivity contribution >= 4 is 5.91 Å². The van der Waals surface area contributed by atoms with Crippen molar-refractivity contribution in [1.29, 1.82) is 0 Å². The highest BCUT2D eigenvalue weighted by Gasteiger charge is 2.33. The lowest BCUT2D eigenvalue weighted by atomic mass is 9.74. The Hall–Kier alpha value is -1.35.